The first-order valence-electron chi connectivity index (χ1n) is 13.8. The molecule has 1 aromatic carbocycles. The molecule has 0 spiro atoms. The molecule has 1 saturated heterocycles. The lowest BCUT2D eigenvalue weighted by atomic mass is 9.82. The van der Waals surface area contributed by atoms with Gasteiger partial charge < -0.3 is 18.9 Å². The minimum Gasteiger partial charge on any atom is -0.497 e. The number of carbonyl (C=O) groups is 2. The molecule has 6 nitrogen and oxygen atoms in total. The number of fused-ring (bicyclic) bond motifs is 3. The minimum absolute atomic E-state index is 0.0189. The van der Waals surface area contributed by atoms with Crippen LogP contribution < -0.4 is 0 Å². The van der Waals surface area contributed by atoms with Crippen molar-refractivity contribution in [1.82, 2.24) is 9.47 Å². The van der Waals surface area contributed by atoms with Gasteiger partial charge in [0.2, 0.25) is 0 Å². The van der Waals surface area contributed by atoms with Crippen LogP contribution in [0, 0.1) is 5.92 Å². The summed E-state index contributed by atoms with van der Waals surface area (Å²) < 4.78 is 13.4. The second kappa shape index (κ2) is 11.6. The van der Waals surface area contributed by atoms with Crippen LogP contribution in [0.2, 0.25) is 0 Å². The molecule has 2 aromatic rings. The van der Waals surface area contributed by atoms with E-state index in [0.717, 1.165) is 52.6 Å². The fourth-order valence-electron chi connectivity index (χ4n) is 6.19. The number of aldehydes is 1. The molecule has 3 aliphatic rings. The first-order chi connectivity index (χ1) is 18.5. The van der Waals surface area contributed by atoms with E-state index in [9.17, 15) is 9.59 Å². The fourth-order valence-corrected chi connectivity index (χ4v) is 6.19. The average molecular weight is 515 g/mol. The van der Waals surface area contributed by atoms with Crippen LogP contribution in [0.3, 0.4) is 0 Å². The molecular weight excluding hydrogens is 476 g/mol. The van der Waals surface area contributed by atoms with E-state index in [2.05, 4.69) is 30.2 Å². The van der Waals surface area contributed by atoms with Crippen LogP contribution in [0.15, 0.2) is 60.4 Å². The van der Waals surface area contributed by atoms with Gasteiger partial charge in [-0.15, -0.1) is 0 Å². The summed E-state index contributed by atoms with van der Waals surface area (Å²) in [5, 5.41) is 1.15. The van der Waals surface area contributed by atoms with Crippen molar-refractivity contribution in [2.75, 3.05) is 33.4 Å². The lowest BCUT2D eigenvalue weighted by Crippen LogP contribution is -2.42. The number of benzene rings is 1. The number of methoxy groups -OCH3 is 1. The van der Waals surface area contributed by atoms with E-state index in [1.165, 1.54) is 24.8 Å². The lowest BCUT2D eigenvalue weighted by molar-refractivity contribution is -0.131. The summed E-state index contributed by atoms with van der Waals surface area (Å²) in [7, 11) is 1.67. The van der Waals surface area contributed by atoms with Gasteiger partial charge in [0.25, 0.3) is 5.91 Å². The fraction of sp³-hybridized carbons (Fsp3) is 0.438. The van der Waals surface area contributed by atoms with Crippen molar-refractivity contribution >= 4 is 28.7 Å². The molecule has 1 saturated carbocycles. The zero-order chi connectivity index (χ0) is 26.6. The van der Waals surface area contributed by atoms with Crippen molar-refractivity contribution in [3.63, 3.8) is 0 Å². The van der Waals surface area contributed by atoms with Crippen LogP contribution in [0.5, 0.6) is 0 Å². The monoisotopic (exact) mass is 514 g/mol. The molecular formula is C32H38N2O4. The topological polar surface area (TPSA) is 60.8 Å². The summed E-state index contributed by atoms with van der Waals surface area (Å²) in [4.78, 5) is 27.6. The molecule has 2 aliphatic heterocycles. The average Bonchev–Trinajstić information content (AvgIpc) is 3.27. The zero-order valence-corrected chi connectivity index (χ0v) is 22.6. The first-order valence-corrected chi connectivity index (χ1v) is 13.8. The van der Waals surface area contributed by atoms with Crippen molar-refractivity contribution < 1.29 is 19.1 Å². The van der Waals surface area contributed by atoms with Crippen LogP contribution in [-0.2, 0) is 20.8 Å². The van der Waals surface area contributed by atoms with E-state index in [-0.39, 0.29) is 11.8 Å². The van der Waals surface area contributed by atoms with Crippen molar-refractivity contribution in [3.8, 4) is 0 Å². The number of morpholine rings is 1. The lowest BCUT2D eigenvalue weighted by Gasteiger charge is -2.28. The smallest absolute Gasteiger partial charge is 0.251 e. The predicted molar refractivity (Wildman–Crippen MR) is 151 cm³/mol. The quantitative estimate of drug-likeness (QED) is 0.467. The molecule has 1 unspecified atom stereocenters. The van der Waals surface area contributed by atoms with Crippen LogP contribution in [0.4, 0.5) is 0 Å². The second-order valence-electron chi connectivity index (χ2n) is 10.7. The highest BCUT2D eigenvalue weighted by molar-refractivity contribution is 5.97. The molecule has 1 aromatic heterocycles. The highest BCUT2D eigenvalue weighted by atomic mass is 16.5. The Balaban J connectivity index is 1.74. The number of carbonyl (C=O) groups excluding carboxylic acids is 2. The van der Waals surface area contributed by atoms with E-state index in [0.29, 0.717) is 44.3 Å². The Labute approximate surface area is 225 Å². The molecule has 0 N–H and O–H groups in total. The molecule has 3 heterocycles. The third-order valence-electron chi connectivity index (χ3n) is 8.06. The number of hydrogen-bond acceptors (Lipinski definition) is 4. The Hall–Kier alpha value is -3.38. The summed E-state index contributed by atoms with van der Waals surface area (Å²) in [5.41, 5.74) is 5.56. The Bertz CT molecular complexity index is 1320. The molecule has 200 valence electrons. The largest absolute Gasteiger partial charge is 0.497 e. The Morgan fingerprint density at radius 1 is 1.11 bits per heavy atom. The second-order valence-corrected chi connectivity index (χ2v) is 10.7. The van der Waals surface area contributed by atoms with Gasteiger partial charge in [0.1, 0.15) is 12.0 Å². The normalized spacial score (nSPS) is 24.9. The number of allylic oxidation sites excluding steroid dienone is 5. The summed E-state index contributed by atoms with van der Waals surface area (Å²) >= 11 is 0. The summed E-state index contributed by atoms with van der Waals surface area (Å²) in [6.07, 6.45) is 14.9. The predicted octanol–water partition coefficient (Wildman–Crippen LogP) is 6.04. The summed E-state index contributed by atoms with van der Waals surface area (Å²) in [6, 6.07) is 5.96. The van der Waals surface area contributed by atoms with Crippen LogP contribution in [-0.4, -0.2) is 55.1 Å². The van der Waals surface area contributed by atoms with Crippen LogP contribution >= 0.6 is 0 Å². The van der Waals surface area contributed by atoms with Crippen molar-refractivity contribution in [3.05, 3.63) is 77.2 Å². The third kappa shape index (κ3) is 5.28. The summed E-state index contributed by atoms with van der Waals surface area (Å²) in [6.45, 7) is 9.25. The van der Waals surface area contributed by atoms with E-state index in [4.69, 9.17) is 9.47 Å². The third-order valence-corrected chi connectivity index (χ3v) is 8.06. The van der Waals surface area contributed by atoms with Crippen molar-refractivity contribution in [1.29, 1.82) is 0 Å². The summed E-state index contributed by atoms with van der Waals surface area (Å²) in [5.74, 6) is 1.16. The van der Waals surface area contributed by atoms with Gasteiger partial charge in [0.05, 0.1) is 32.6 Å². The van der Waals surface area contributed by atoms with Gasteiger partial charge in [-0.25, -0.2) is 0 Å². The Morgan fingerprint density at radius 2 is 1.87 bits per heavy atom. The number of rotatable bonds is 4. The number of nitrogens with zero attached hydrogens (tertiary/aromatic N) is 2. The van der Waals surface area contributed by atoms with Crippen molar-refractivity contribution in [2.45, 2.75) is 51.5 Å². The SMILES string of the molecule is C=C1/C=C\C(OC)=C/C(C)/C=C(/C(=O)N2CCOCC2)Cn2c1c(C1CCCCC1)c1ccc(C=O)cc12. The van der Waals surface area contributed by atoms with Crippen LogP contribution in [0.25, 0.3) is 16.5 Å². The maximum atomic E-state index is 13.9. The van der Waals surface area contributed by atoms with Gasteiger partial charge in [0, 0.05) is 35.1 Å². The van der Waals surface area contributed by atoms with Gasteiger partial charge in [0.15, 0.2) is 0 Å². The van der Waals surface area contributed by atoms with Gasteiger partial charge in [-0.2, -0.15) is 0 Å². The molecule has 5 rings (SSSR count). The maximum Gasteiger partial charge on any atom is 0.251 e. The first kappa shape index (κ1) is 26.2. The minimum atomic E-state index is -0.0189. The van der Waals surface area contributed by atoms with Crippen LogP contribution in [0.1, 0.15) is 66.6 Å². The molecule has 6 heteroatoms. The molecule has 1 aliphatic carbocycles. The van der Waals surface area contributed by atoms with Gasteiger partial charge in [-0.1, -0.05) is 51.0 Å². The van der Waals surface area contributed by atoms with E-state index in [1.54, 1.807) is 7.11 Å². The molecule has 1 atom stereocenters. The molecule has 1 amide bonds. The Kier molecular flexibility index (Phi) is 7.98. The molecule has 2 fully saturated rings. The van der Waals surface area contributed by atoms with Gasteiger partial charge in [-0.3, -0.25) is 9.59 Å². The van der Waals surface area contributed by atoms with E-state index in [1.807, 2.05) is 35.3 Å². The van der Waals surface area contributed by atoms with Gasteiger partial charge >= 0.3 is 0 Å². The number of hydrogen-bond donors (Lipinski definition) is 0. The highest BCUT2D eigenvalue weighted by Gasteiger charge is 2.29. The Morgan fingerprint density at radius 3 is 2.58 bits per heavy atom. The zero-order valence-electron chi connectivity index (χ0n) is 22.6. The number of ether oxygens (including phenoxy) is 2. The van der Waals surface area contributed by atoms with E-state index < -0.39 is 0 Å². The van der Waals surface area contributed by atoms with Gasteiger partial charge in [-0.05, 0) is 60.1 Å². The number of aromatic nitrogens is 1. The standard InChI is InChI=1S/C32H38N2O4/c1-22-17-26(32(36)33-13-15-38-16-14-33)20-34-29-19-24(21-35)10-12-28(29)30(25-7-5-4-6-8-25)31(34)23(2)9-11-27(18-22)37-3/h9-12,17-19,21-22,25H,2,4-8,13-16,20H2,1,3H3/b11-9-,26-17+,27-18+. The molecule has 0 bridgehead atoms. The van der Waals surface area contributed by atoms with E-state index >= 15 is 0 Å². The highest BCUT2D eigenvalue weighted by Crippen LogP contribution is 2.43. The number of amides is 1. The maximum absolute atomic E-state index is 13.9. The molecule has 38 heavy (non-hydrogen) atoms. The van der Waals surface area contributed by atoms with Crippen molar-refractivity contribution in [2.24, 2.45) is 5.92 Å². The molecule has 0 radical (unpaired) electrons.